The van der Waals surface area contributed by atoms with E-state index in [4.69, 9.17) is 0 Å². The van der Waals surface area contributed by atoms with Crippen molar-refractivity contribution in [1.82, 2.24) is 4.90 Å². The van der Waals surface area contributed by atoms with Gasteiger partial charge in [-0.05, 0) is 32.4 Å². The van der Waals surface area contributed by atoms with E-state index in [1.807, 2.05) is 14.0 Å². The first-order valence-corrected chi connectivity index (χ1v) is 5.07. The van der Waals surface area contributed by atoms with Crippen molar-refractivity contribution < 1.29 is 9.90 Å². The van der Waals surface area contributed by atoms with E-state index in [0.717, 1.165) is 19.4 Å². The van der Waals surface area contributed by atoms with E-state index in [1.54, 1.807) is 6.08 Å². The summed E-state index contributed by atoms with van der Waals surface area (Å²) in [4.78, 5) is 13.4. The van der Waals surface area contributed by atoms with Crippen molar-refractivity contribution in [1.29, 1.82) is 0 Å². The molecule has 0 amide bonds. The van der Waals surface area contributed by atoms with Crippen molar-refractivity contribution in [3.63, 3.8) is 0 Å². The summed E-state index contributed by atoms with van der Waals surface area (Å²) >= 11 is 0. The van der Waals surface area contributed by atoms with Gasteiger partial charge in [0.15, 0.2) is 0 Å². The molecule has 0 spiro atoms. The third-order valence-corrected chi connectivity index (χ3v) is 3.37. The molecule has 1 aliphatic heterocycles. The Morgan fingerprint density at radius 1 is 1.71 bits per heavy atom. The third-order valence-electron chi connectivity index (χ3n) is 3.37. The molecule has 1 heterocycles. The number of carbonyl (C=O) groups is 1. The Kier molecular flexibility index (Phi) is 3.32. The summed E-state index contributed by atoms with van der Waals surface area (Å²) in [5.41, 5.74) is -0.616. The molecule has 0 bridgehead atoms. The zero-order chi connectivity index (χ0) is 10.8. The van der Waals surface area contributed by atoms with Gasteiger partial charge in [0.1, 0.15) is 0 Å². The predicted molar refractivity (Wildman–Crippen MR) is 56.2 cm³/mol. The minimum absolute atomic E-state index is 0.0303. The Bertz CT molecular complexity index is 239. The number of aliphatic carboxylic acids is 1. The number of hydrogen-bond donors (Lipinski definition) is 1. The van der Waals surface area contributed by atoms with Crippen LogP contribution in [0.4, 0.5) is 0 Å². The highest BCUT2D eigenvalue weighted by atomic mass is 16.4. The van der Waals surface area contributed by atoms with Crippen LogP contribution < -0.4 is 0 Å². The fourth-order valence-electron chi connectivity index (χ4n) is 2.27. The first-order valence-electron chi connectivity index (χ1n) is 5.07. The lowest BCUT2D eigenvalue weighted by Gasteiger charge is -2.41. The molecule has 0 aromatic carbocycles. The SMILES string of the molecule is C=CC(C)C1(C(=O)O)CCCN(C)C1. The van der Waals surface area contributed by atoms with Crippen molar-refractivity contribution in [2.45, 2.75) is 19.8 Å². The van der Waals surface area contributed by atoms with Crippen molar-refractivity contribution >= 4 is 5.97 Å². The minimum atomic E-state index is -0.684. The first kappa shape index (κ1) is 11.2. The zero-order valence-corrected chi connectivity index (χ0v) is 8.99. The molecule has 1 fully saturated rings. The Morgan fingerprint density at radius 3 is 2.79 bits per heavy atom. The molecule has 2 atom stereocenters. The van der Waals surface area contributed by atoms with Gasteiger partial charge in [0.2, 0.25) is 0 Å². The van der Waals surface area contributed by atoms with Crippen molar-refractivity contribution in [3.8, 4) is 0 Å². The molecule has 2 unspecified atom stereocenters. The molecule has 80 valence electrons. The molecule has 1 rings (SSSR count). The Labute approximate surface area is 85.4 Å². The second kappa shape index (κ2) is 4.13. The van der Waals surface area contributed by atoms with Crippen LogP contribution in [0.2, 0.25) is 0 Å². The number of allylic oxidation sites excluding steroid dienone is 1. The van der Waals surface area contributed by atoms with E-state index in [9.17, 15) is 9.90 Å². The fraction of sp³-hybridized carbons (Fsp3) is 0.727. The second-order valence-corrected chi connectivity index (χ2v) is 4.33. The Morgan fingerprint density at radius 2 is 2.36 bits per heavy atom. The lowest BCUT2D eigenvalue weighted by Crippen LogP contribution is -2.49. The molecule has 1 N–H and O–H groups in total. The van der Waals surface area contributed by atoms with Gasteiger partial charge in [-0.15, -0.1) is 6.58 Å². The highest BCUT2D eigenvalue weighted by Crippen LogP contribution is 2.37. The van der Waals surface area contributed by atoms with Crippen molar-refractivity contribution in [2.24, 2.45) is 11.3 Å². The van der Waals surface area contributed by atoms with Crippen LogP contribution in [0.15, 0.2) is 12.7 Å². The smallest absolute Gasteiger partial charge is 0.311 e. The first-order chi connectivity index (χ1) is 6.53. The molecule has 3 heteroatoms. The average Bonchev–Trinajstić information content (AvgIpc) is 2.16. The predicted octanol–water partition coefficient (Wildman–Crippen LogP) is 1.61. The summed E-state index contributed by atoms with van der Waals surface area (Å²) in [5, 5.41) is 9.33. The number of carboxylic acids is 1. The molecule has 0 aromatic rings. The lowest BCUT2D eigenvalue weighted by molar-refractivity contribution is -0.155. The van der Waals surface area contributed by atoms with Gasteiger partial charge >= 0.3 is 5.97 Å². The molecular weight excluding hydrogens is 178 g/mol. The van der Waals surface area contributed by atoms with Gasteiger partial charge < -0.3 is 10.0 Å². The standard InChI is InChI=1S/C11H19NO2/c1-4-9(2)11(10(13)14)6-5-7-12(3)8-11/h4,9H,1,5-8H2,2-3H3,(H,13,14). The van der Waals surface area contributed by atoms with E-state index in [-0.39, 0.29) is 5.92 Å². The summed E-state index contributed by atoms with van der Waals surface area (Å²) in [7, 11) is 1.98. The molecule has 14 heavy (non-hydrogen) atoms. The van der Waals surface area contributed by atoms with E-state index in [0.29, 0.717) is 6.54 Å². The maximum Gasteiger partial charge on any atom is 0.311 e. The summed E-state index contributed by atoms with van der Waals surface area (Å²) in [6.07, 6.45) is 3.48. The maximum absolute atomic E-state index is 11.3. The molecule has 3 nitrogen and oxygen atoms in total. The van der Waals surface area contributed by atoms with Crippen LogP contribution >= 0.6 is 0 Å². The van der Waals surface area contributed by atoms with Gasteiger partial charge in [-0.3, -0.25) is 4.79 Å². The van der Waals surface area contributed by atoms with Crippen LogP contribution in [0.3, 0.4) is 0 Å². The fourth-order valence-corrected chi connectivity index (χ4v) is 2.27. The number of hydrogen-bond acceptors (Lipinski definition) is 2. The Hall–Kier alpha value is -0.830. The minimum Gasteiger partial charge on any atom is -0.481 e. The number of rotatable bonds is 3. The molecule has 1 saturated heterocycles. The summed E-state index contributed by atoms with van der Waals surface area (Å²) in [6, 6.07) is 0. The van der Waals surface area contributed by atoms with Crippen molar-refractivity contribution in [3.05, 3.63) is 12.7 Å². The second-order valence-electron chi connectivity index (χ2n) is 4.33. The van der Waals surface area contributed by atoms with Crippen LogP contribution in [0.5, 0.6) is 0 Å². The van der Waals surface area contributed by atoms with Gasteiger partial charge in [0.05, 0.1) is 5.41 Å². The Balaban J connectivity index is 2.91. The maximum atomic E-state index is 11.3. The largest absolute Gasteiger partial charge is 0.481 e. The molecule has 1 aliphatic rings. The molecule has 0 aliphatic carbocycles. The molecule has 0 radical (unpaired) electrons. The number of piperidine rings is 1. The summed E-state index contributed by atoms with van der Waals surface area (Å²) in [5.74, 6) is -0.654. The topological polar surface area (TPSA) is 40.5 Å². The van der Waals surface area contributed by atoms with Crippen LogP contribution in [0, 0.1) is 11.3 Å². The van der Waals surface area contributed by atoms with E-state index < -0.39 is 11.4 Å². The average molecular weight is 197 g/mol. The highest BCUT2D eigenvalue weighted by Gasteiger charge is 2.44. The van der Waals surface area contributed by atoms with Gasteiger partial charge in [-0.2, -0.15) is 0 Å². The zero-order valence-electron chi connectivity index (χ0n) is 8.99. The van der Waals surface area contributed by atoms with Crippen LogP contribution in [-0.2, 0) is 4.79 Å². The van der Waals surface area contributed by atoms with E-state index >= 15 is 0 Å². The third kappa shape index (κ3) is 1.82. The molecular formula is C11H19NO2. The molecule has 0 saturated carbocycles. The highest BCUT2D eigenvalue weighted by molar-refractivity contribution is 5.75. The number of likely N-dealkylation sites (tertiary alicyclic amines) is 1. The van der Waals surface area contributed by atoms with Gasteiger partial charge in [-0.25, -0.2) is 0 Å². The van der Waals surface area contributed by atoms with Gasteiger partial charge in [0, 0.05) is 6.54 Å². The monoisotopic (exact) mass is 197 g/mol. The normalized spacial score (nSPS) is 31.0. The van der Waals surface area contributed by atoms with Crippen LogP contribution in [-0.4, -0.2) is 36.1 Å². The number of nitrogens with zero attached hydrogens (tertiary/aromatic N) is 1. The lowest BCUT2D eigenvalue weighted by atomic mass is 9.70. The van der Waals surface area contributed by atoms with Gasteiger partial charge in [0.25, 0.3) is 0 Å². The summed E-state index contributed by atoms with van der Waals surface area (Å²) < 4.78 is 0. The van der Waals surface area contributed by atoms with E-state index in [1.165, 1.54) is 0 Å². The quantitative estimate of drug-likeness (QED) is 0.699. The molecule has 0 aromatic heterocycles. The van der Waals surface area contributed by atoms with E-state index in [2.05, 4.69) is 11.5 Å². The van der Waals surface area contributed by atoms with Crippen LogP contribution in [0.25, 0.3) is 0 Å². The summed E-state index contributed by atoms with van der Waals surface area (Å²) in [6.45, 7) is 7.28. The van der Waals surface area contributed by atoms with Crippen LogP contribution in [0.1, 0.15) is 19.8 Å². The van der Waals surface area contributed by atoms with Crippen molar-refractivity contribution in [2.75, 3.05) is 20.1 Å². The van der Waals surface area contributed by atoms with Gasteiger partial charge in [-0.1, -0.05) is 13.0 Å². The number of carboxylic acid groups (broad SMARTS) is 1.